The van der Waals surface area contributed by atoms with Gasteiger partial charge in [-0.3, -0.25) is 10.1 Å². The Morgan fingerprint density at radius 1 is 1.27 bits per heavy atom. The standard InChI is InChI=1S/C16H15N3O2S/c1-10-3-5-12(6-4-10)8-13-9-17-16(22-13)18-15(20)14-7-11(2)21-19-14/h3-7,9H,8H2,1-2H3,(H,17,18,20). The number of carbonyl (C=O) groups is 1. The number of carbonyl (C=O) groups excluding carboxylic acids is 1. The van der Waals surface area contributed by atoms with E-state index in [0.29, 0.717) is 10.9 Å². The van der Waals surface area contributed by atoms with Gasteiger partial charge in [-0.15, -0.1) is 11.3 Å². The second kappa shape index (κ2) is 6.11. The Kier molecular flexibility index (Phi) is 4.02. The Morgan fingerprint density at radius 2 is 2.05 bits per heavy atom. The van der Waals surface area contributed by atoms with Crippen LogP contribution in [-0.2, 0) is 6.42 Å². The van der Waals surface area contributed by atoms with E-state index in [1.807, 2.05) is 0 Å². The van der Waals surface area contributed by atoms with Crippen LogP contribution in [0.4, 0.5) is 5.13 Å². The topological polar surface area (TPSA) is 68.0 Å². The molecule has 0 unspecified atom stereocenters. The molecule has 1 amide bonds. The van der Waals surface area contributed by atoms with Gasteiger partial charge in [0.2, 0.25) is 0 Å². The van der Waals surface area contributed by atoms with Crippen molar-refractivity contribution in [3.05, 3.63) is 64.0 Å². The second-order valence-electron chi connectivity index (χ2n) is 5.07. The van der Waals surface area contributed by atoms with Gasteiger partial charge in [0.15, 0.2) is 10.8 Å². The quantitative estimate of drug-likeness (QED) is 0.799. The summed E-state index contributed by atoms with van der Waals surface area (Å²) in [5, 5.41) is 6.98. The van der Waals surface area contributed by atoms with E-state index in [2.05, 4.69) is 46.6 Å². The van der Waals surface area contributed by atoms with E-state index in [1.165, 1.54) is 22.5 Å². The zero-order chi connectivity index (χ0) is 15.5. The van der Waals surface area contributed by atoms with Crippen LogP contribution in [0.1, 0.15) is 32.3 Å². The summed E-state index contributed by atoms with van der Waals surface area (Å²) in [4.78, 5) is 17.3. The number of rotatable bonds is 4. The molecule has 0 fully saturated rings. The van der Waals surface area contributed by atoms with Gasteiger partial charge in [-0.1, -0.05) is 35.0 Å². The van der Waals surface area contributed by atoms with Crippen molar-refractivity contribution in [3.8, 4) is 0 Å². The van der Waals surface area contributed by atoms with Crippen molar-refractivity contribution in [2.24, 2.45) is 0 Å². The van der Waals surface area contributed by atoms with Crippen LogP contribution < -0.4 is 5.32 Å². The minimum absolute atomic E-state index is 0.257. The van der Waals surface area contributed by atoms with Gasteiger partial charge in [0.25, 0.3) is 5.91 Å². The summed E-state index contributed by atoms with van der Waals surface area (Å²) in [6.07, 6.45) is 2.59. The van der Waals surface area contributed by atoms with E-state index in [9.17, 15) is 4.79 Å². The average molecular weight is 313 g/mol. The molecule has 5 nitrogen and oxygen atoms in total. The highest BCUT2D eigenvalue weighted by atomic mass is 32.1. The summed E-state index contributed by atoms with van der Waals surface area (Å²) in [5.41, 5.74) is 2.72. The smallest absolute Gasteiger partial charge is 0.279 e. The van der Waals surface area contributed by atoms with Crippen molar-refractivity contribution in [3.63, 3.8) is 0 Å². The number of benzene rings is 1. The Labute approximate surface area is 132 Å². The molecule has 0 aliphatic heterocycles. The third-order valence-corrected chi connectivity index (χ3v) is 4.05. The monoisotopic (exact) mass is 313 g/mol. The van der Waals surface area contributed by atoms with Crippen molar-refractivity contribution in [2.45, 2.75) is 20.3 Å². The van der Waals surface area contributed by atoms with Crippen LogP contribution in [0.15, 0.2) is 41.1 Å². The van der Waals surface area contributed by atoms with Gasteiger partial charge in [-0.2, -0.15) is 0 Å². The zero-order valence-electron chi connectivity index (χ0n) is 12.3. The number of nitrogens with zero attached hydrogens (tertiary/aromatic N) is 2. The van der Waals surface area contributed by atoms with Crippen LogP contribution >= 0.6 is 11.3 Å². The number of anilines is 1. The van der Waals surface area contributed by atoms with Gasteiger partial charge in [0.05, 0.1) is 0 Å². The molecule has 0 saturated carbocycles. The van der Waals surface area contributed by atoms with Gasteiger partial charge < -0.3 is 4.52 Å². The van der Waals surface area contributed by atoms with Crippen LogP contribution in [0.2, 0.25) is 0 Å². The molecule has 3 rings (SSSR count). The molecule has 0 saturated heterocycles. The lowest BCUT2D eigenvalue weighted by Gasteiger charge is -1.99. The van der Waals surface area contributed by atoms with Crippen molar-refractivity contribution in [2.75, 3.05) is 5.32 Å². The highest BCUT2D eigenvalue weighted by Gasteiger charge is 2.13. The van der Waals surface area contributed by atoms with Crippen LogP contribution in [0, 0.1) is 13.8 Å². The maximum atomic E-state index is 12.0. The highest BCUT2D eigenvalue weighted by molar-refractivity contribution is 7.15. The average Bonchev–Trinajstić information content (AvgIpc) is 3.11. The summed E-state index contributed by atoms with van der Waals surface area (Å²) in [5.74, 6) is 0.289. The molecule has 0 atom stereocenters. The predicted molar refractivity (Wildman–Crippen MR) is 85.3 cm³/mol. The molecular formula is C16H15N3O2S. The number of aromatic nitrogens is 2. The highest BCUT2D eigenvalue weighted by Crippen LogP contribution is 2.22. The van der Waals surface area contributed by atoms with Crippen LogP contribution in [0.5, 0.6) is 0 Å². The van der Waals surface area contributed by atoms with Gasteiger partial charge in [-0.25, -0.2) is 4.98 Å². The number of thiazole rings is 1. The summed E-state index contributed by atoms with van der Waals surface area (Å²) < 4.78 is 4.89. The molecule has 0 radical (unpaired) electrons. The number of aryl methyl sites for hydroxylation is 2. The Balaban J connectivity index is 1.66. The predicted octanol–water partition coefficient (Wildman–Crippen LogP) is 3.59. The van der Waals surface area contributed by atoms with Crippen LogP contribution in [0.25, 0.3) is 0 Å². The molecule has 0 spiro atoms. The molecule has 0 bridgehead atoms. The Hall–Kier alpha value is -2.47. The molecule has 112 valence electrons. The molecule has 6 heteroatoms. The lowest BCUT2D eigenvalue weighted by atomic mass is 10.1. The van der Waals surface area contributed by atoms with Crippen molar-refractivity contribution < 1.29 is 9.32 Å². The normalized spacial score (nSPS) is 10.6. The molecular weight excluding hydrogens is 298 g/mol. The molecule has 0 aliphatic rings. The van der Waals surface area contributed by atoms with E-state index in [-0.39, 0.29) is 11.6 Å². The van der Waals surface area contributed by atoms with Gasteiger partial charge in [-0.05, 0) is 19.4 Å². The fraction of sp³-hybridized carbons (Fsp3) is 0.188. The zero-order valence-corrected chi connectivity index (χ0v) is 13.1. The third-order valence-electron chi connectivity index (χ3n) is 3.13. The Morgan fingerprint density at radius 3 is 2.73 bits per heavy atom. The molecule has 1 N–H and O–H groups in total. The summed E-state index contributed by atoms with van der Waals surface area (Å²) in [6.45, 7) is 3.81. The first kappa shape index (κ1) is 14.5. The first-order valence-corrected chi connectivity index (χ1v) is 7.67. The number of hydrogen-bond donors (Lipinski definition) is 1. The molecule has 0 aliphatic carbocycles. The van der Waals surface area contributed by atoms with E-state index in [1.54, 1.807) is 19.2 Å². The molecule has 2 aromatic heterocycles. The molecule has 2 heterocycles. The first-order valence-electron chi connectivity index (χ1n) is 6.85. The Bertz CT molecular complexity index is 790. The lowest BCUT2D eigenvalue weighted by molar-refractivity contribution is 0.101. The minimum atomic E-state index is -0.312. The SMILES string of the molecule is Cc1ccc(Cc2cnc(NC(=O)c3cc(C)on3)s2)cc1. The fourth-order valence-electron chi connectivity index (χ4n) is 1.99. The summed E-state index contributed by atoms with van der Waals surface area (Å²) >= 11 is 1.46. The molecule has 1 aromatic carbocycles. The molecule has 3 aromatic rings. The van der Waals surface area contributed by atoms with E-state index >= 15 is 0 Å². The van der Waals surface area contributed by atoms with Crippen LogP contribution in [-0.4, -0.2) is 16.0 Å². The second-order valence-corrected chi connectivity index (χ2v) is 6.19. The van der Waals surface area contributed by atoms with Gasteiger partial charge in [0, 0.05) is 23.6 Å². The van der Waals surface area contributed by atoms with E-state index in [4.69, 9.17) is 4.52 Å². The van der Waals surface area contributed by atoms with Crippen molar-refractivity contribution in [1.29, 1.82) is 0 Å². The van der Waals surface area contributed by atoms with Gasteiger partial charge >= 0.3 is 0 Å². The number of nitrogens with one attached hydrogen (secondary N) is 1. The van der Waals surface area contributed by atoms with Gasteiger partial charge in [0.1, 0.15) is 5.76 Å². The van der Waals surface area contributed by atoms with Crippen LogP contribution in [0.3, 0.4) is 0 Å². The lowest BCUT2D eigenvalue weighted by Crippen LogP contribution is -2.11. The number of hydrogen-bond acceptors (Lipinski definition) is 5. The van der Waals surface area contributed by atoms with Crippen molar-refractivity contribution in [1.82, 2.24) is 10.1 Å². The maximum Gasteiger partial charge on any atom is 0.279 e. The fourth-order valence-corrected chi connectivity index (χ4v) is 2.83. The summed E-state index contributed by atoms with van der Waals surface area (Å²) in [7, 11) is 0. The summed E-state index contributed by atoms with van der Waals surface area (Å²) in [6, 6.07) is 9.98. The molecule has 22 heavy (non-hydrogen) atoms. The largest absolute Gasteiger partial charge is 0.361 e. The van der Waals surface area contributed by atoms with E-state index < -0.39 is 0 Å². The number of amides is 1. The maximum absolute atomic E-state index is 12.0. The first-order chi connectivity index (χ1) is 10.6. The van der Waals surface area contributed by atoms with Crippen molar-refractivity contribution >= 4 is 22.4 Å². The minimum Gasteiger partial charge on any atom is -0.361 e. The third kappa shape index (κ3) is 3.40. The van der Waals surface area contributed by atoms with E-state index in [0.717, 1.165) is 11.3 Å².